The standard InChI is InChI=1S/C23H19N5S/c1-13-7-8-15(11-14(13)2)24-23(29)25-16-9-10-18-17(12-16)21-22(27-18)28-20-6-4-3-5-19(20)26-21/h3-12H,1-2H3,(H,27,28)(H2,24,25,29). The zero-order valence-electron chi connectivity index (χ0n) is 16.1. The Labute approximate surface area is 173 Å². The third-order valence-corrected chi connectivity index (χ3v) is 5.33. The minimum absolute atomic E-state index is 0.545. The molecule has 3 aromatic carbocycles. The molecule has 5 rings (SSSR count). The fourth-order valence-electron chi connectivity index (χ4n) is 3.44. The van der Waals surface area contributed by atoms with Gasteiger partial charge in [-0.1, -0.05) is 18.2 Å². The number of hydrogen-bond donors (Lipinski definition) is 3. The van der Waals surface area contributed by atoms with Gasteiger partial charge in [0.15, 0.2) is 10.8 Å². The Balaban J connectivity index is 1.46. The van der Waals surface area contributed by atoms with E-state index in [-0.39, 0.29) is 0 Å². The second kappa shape index (κ2) is 6.83. The van der Waals surface area contributed by atoms with Crippen LogP contribution >= 0.6 is 12.2 Å². The van der Waals surface area contributed by atoms with Crippen molar-refractivity contribution in [2.45, 2.75) is 13.8 Å². The van der Waals surface area contributed by atoms with Crippen LogP contribution in [0.3, 0.4) is 0 Å². The number of hydrogen-bond acceptors (Lipinski definition) is 3. The van der Waals surface area contributed by atoms with Crippen molar-refractivity contribution in [2.24, 2.45) is 0 Å². The van der Waals surface area contributed by atoms with E-state index in [9.17, 15) is 0 Å². The highest BCUT2D eigenvalue weighted by Gasteiger charge is 2.10. The third-order valence-electron chi connectivity index (χ3n) is 5.12. The molecule has 29 heavy (non-hydrogen) atoms. The zero-order valence-corrected chi connectivity index (χ0v) is 16.9. The summed E-state index contributed by atoms with van der Waals surface area (Å²) in [7, 11) is 0. The van der Waals surface area contributed by atoms with Gasteiger partial charge in [-0.2, -0.15) is 0 Å². The SMILES string of the molecule is Cc1ccc(NC(=S)Nc2ccc3[nH]c4nc5ccccc5nc4c3c2)cc1C. The van der Waals surface area contributed by atoms with Crippen LogP contribution in [0.2, 0.25) is 0 Å². The molecule has 2 heterocycles. The second-order valence-corrected chi connectivity index (χ2v) is 7.58. The van der Waals surface area contributed by atoms with Gasteiger partial charge in [-0.05, 0) is 79.7 Å². The Kier molecular flexibility index (Phi) is 4.14. The molecule has 3 N–H and O–H groups in total. The van der Waals surface area contributed by atoms with Crippen molar-refractivity contribution in [3.05, 3.63) is 71.8 Å². The molecule has 0 saturated carbocycles. The summed E-state index contributed by atoms with van der Waals surface area (Å²) >= 11 is 5.50. The van der Waals surface area contributed by atoms with Gasteiger partial charge in [0.25, 0.3) is 0 Å². The summed E-state index contributed by atoms with van der Waals surface area (Å²) in [5.74, 6) is 0. The van der Waals surface area contributed by atoms with Crippen molar-refractivity contribution in [3.8, 4) is 0 Å². The van der Waals surface area contributed by atoms with Crippen LogP contribution in [-0.4, -0.2) is 20.1 Å². The number of nitrogens with one attached hydrogen (secondary N) is 3. The number of H-pyrrole nitrogens is 1. The van der Waals surface area contributed by atoms with Crippen molar-refractivity contribution >= 4 is 61.8 Å². The average molecular weight is 398 g/mol. The predicted octanol–water partition coefficient (Wildman–Crippen LogP) is 5.69. The summed E-state index contributed by atoms with van der Waals surface area (Å²) < 4.78 is 0. The lowest BCUT2D eigenvalue weighted by molar-refractivity contribution is 1.34. The van der Waals surface area contributed by atoms with Crippen LogP contribution in [0.25, 0.3) is 33.1 Å². The van der Waals surface area contributed by atoms with E-state index < -0.39 is 0 Å². The van der Waals surface area contributed by atoms with Gasteiger partial charge in [-0.15, -0.1) is 0 Å². The number of rotatable bonds is 2. The highest BCUT2D eigenvalue weighted by molar-refractivity contribution is 7.80. The molecule has 0 amide bonds. The molecule has 0 atom stereocenters. The van der Waals surface area contributed by atoms with E-state index in [1.54, 1.807) is 0 Å². The summed E-state index contributed by atoms with van der Waals surface area (Å²) in [6.45, 7) is 4.19. The number of aromatic amines is 1. The van der Waals surface area contributed by atoms with Crippen LogP contribution in [0.15, 0.2) is 60.7 Å². The number of aromatic nitrogens is 3. The molecule has 0 bridgehead atoms. The number of para-hydroxylation sites is 2. The second-order valence-electron chi connectivity index (χ2n) is 7.17. The Bertz CT molecular complexity index is 1400. The van der Waals surface area contributed by atoms with E-state index in [2.05, 4.69) is 41.6 Å². The van der Waals surface area contributed by atoms with Gasteiger partial charge in [-0.25, -0.2) is 9.97 Å². The first-order valence-corrected chi connectivity index (χ1v) is 9.81. The molecule has 0 fully saturated rings. The monoisotopic (exact) mass is 397 g/mol. The van der Waals surface area contributed by atoms with Crippen LogP contribution in [0, 0.1) is 13.8 Å². The van der Waals surface area contributed by atoms with E-state index in [0.717, 1.165) is 44.5 Å². The molecule has 0 aliphatic carbocycles. The minimum atomic E-state index is 0.545. The topological polar surface area (TPSA) is 65.6 Å². The first-order chi connectivity index (χ1) is 14.1. The smallest absolute Gasteiger partial charge is 0.175 e. The normalized spacial score (nSPS) is 11.2. The van der Waals surface area contributed by atoms with Crippen LogP contribution in [-0.2, 0) is 0 Å². The Hall–Kier alpha value is -3.51. The molecule has 142 valence electrons. The van der Waals surface area contributed by atoms with Gasteiger partial charge in [0.1, 0.15) is 5.52 Å². The number of thiocarbonyl (C=S) groups is 1. The molecular formula is C23H19N5S. The highest BCUT2D eigenvalue weighted by Crippen LogP contribution is 2.27. The van der Waals surface area contributed by atoms with Crippen molar-refractivity contribution in [1.82, 2.24) is 15.0 Å². The lowest BCUT2D eigenvalue weighted by Crippen LogP contribution is -2.19. The van der Waals surface area contributed by atoms with E-state index in [4.69, 9.17) is 22.2 Å². The summed E-state index contributed by atoms with van der Waals surface area (Å²) in [6, 6.07) is 20.1. The van der Waals surface area contributed by atoms with E-state index >= 15 is 0 Å². The quantitative estimate of drug-likeness (QED) is 0.334. The van der Waals surface area contributed by atoms with Crippen molar-refractivity contribution in [2.75, 3.05) is 10.6 Å². The fraction of sp³-hybridized carbons (Fsp3) is 0.0870. The van der Waals surface area contributed by atoms with Crippen molar-refractivity contribution in [3.63, 3.8) is 0 Å². The first kappa shape index (κ1) is 17.6. The maximum Gasteiger partial charge on any atom is 0.175 e. The Morgan fingerprint density at radius 1 is 0.828 bits per heavy atom. The molecule has 2 aromatic heterocycles. The van der Waals surface area contributed by atoms with Crippen LogP contribution < -0.4 is 10.6 Å². The number of fused-ring (bicyclic) bond motifs is 4. The van der Waals surface area contributed by atoms with Gasteiger partial charge in [0.05, 0.1) is 11.0 Å². The summed E-state index contributed by atoms with van der Waals surface area (Å²) in [4.78, 5) is 12.9. The molecule has 0 radical (unpaired) electrons. The van der Waals surface area contributed by atoms with Gasteiger partial charge < -0.3 is 15.6 Å². The van der Waals surface area contributed by atoms with E-state index in [1.807, 2.05) is 48.5 Å². The van der Waals surface area contributed by atoms with Crippen LogP contribution in [0.4, 0.5) is 11.4 Å². The van der Waals surface area contributed by atoms with Crippen LogP contribution in [0.5, 0.6) is 0 Å². The average Bonchev–Trinajstić information content (AvgIpc) is 3.06. The first-order valence-electron chi connectivity index (χ1n) is 9.40. The molecule has 5 aromatic rings. The van der Waals surface area contributed by atoms with Crippen molar-refractivity contribution in [1.29, 1.82) is 0 Å². The number of aryl methyl sites for hydroxylation is 2. The van der Waals surface area contributed by atoms with Crippen molar-refractivity contribution < 1.29 is 0 Å². The number of nitrogens with zero attached hydrogens (tertiary/aromatic N) is 2. The summed E-state index contributed by atoms with van der Waals surface area (Å²) in [6.07, 6.45) is 0. The van der Waals surface area contributed by atoms with Crippen LogP contribution in [0.1, 0.15) is 11.1 Å². The lowest BCUT2D eigenvalue weighted by Gasteiger charge is -2.12. The van der Waals surface area contributed by atoms with E-state index in [1.165, 1.54) is 11.1 Å². The molecule has 0 unspecified atom stereocenters. The number of benzene rings is 3. The largest absolute Gasteiger partial charge is 0.338 e. The molecule has 0 saturated heterocycles. The summed E-state index contributed by atoms with van der Waals surface area (Å²) in [5.41, 5.74) is 8.74. The number of anilines is 2. The van der Waals surface area contributed by atoms with E-state index in [0.29, 0.717) is 5.11 Å². The zero-order chi connectivity index (χ0) is 20.0. The van der Waals surface area contributed by atoms with Gasteiger partial charge >= 0.3 is 0 Å². The third kappa shape index (κ3) is 3.28. The molecule has 6 heteroatoms. The summed E-state index contributed by atoms with van der Waals surface area (Å²) in [5, 5.41) is 8.07. The molecule has 0 spiro atoms. The fourth-order valence-corrected chi connectivity index (χ4v) is 3.68. The lowest BCUT2D eigenvalue weighted by atomic mass is 10.1. The molecule has 0 aliphatic heterocycles. The Morgan fingerprint density at radius 3 is 2.28 bits per heavy atom. The highest BCUT2D eigenvalue weighted by atomic mass is 32.1. The molecule has 5 nitrogen and oxygen atoms in total. The minimum Gasteiger partial charge on any atom is -0.338 e. The van der Waals surface area contributed by atoms with Gasteiger partial charge in [0.2, 0.25) is 0 Å². The Morgan fingerprint density at radius 2 is 1.52 bits per heavy atom. The maximum absolute atomic E-state index is 5.50. The molecule has 0 aliphatic rings. The van der Waals surface area contributed by atoms with Gasteiger partial charge in [-0.3, -0.25) is 0 Å². The van der Waals surface area contributed by atoms with Gasteiger partial charge in [0, 0.05) is 22.3 Å². The molecular weight excluding hydrogens is 378 g/mol. The maximum atomic E-state index is 5.50. The predicted molar refractivity (Wildman–Crippen MR) is 125 cm³/mol.